The standard InChI is InChI=1S/C14H19N3O2/c1-16(2)14(19)15-12-7-3-4-8-13(12)17-9-5-6-11(18)10-17/h3-4,7-8H,5-6,9-10H2,1-2H3,(H,15,19). The van der Waals surface area contributed by atoms with Crippen molar-refractivity contribution in [3.05, 3.63) is 24.3 Å². The lowest BCUT2D eigenvalue weighted by atomic mass is 10.1. The maximum Gasteiger partial charge on any atom is 0.321 e. The van der Waals surface area contributed by atoms with Gasteiger partial charge in [0.2, 0.25) is 0 Å². The van der Waals surface area contributed by atoms with E-state index in [4.69, 9.17) is 0 Å². The summed E-state index contributed by atoms with van der Waals surface area (Å²) in [6.07, 6.45) is 1.53. The second-order valence-corrected chi connectivity index (χ2v) is 4.91. The van der Waals surface area contributed by atoms with E-state index in [0.29, 0.717) is 13.0 Å². The van der Waals surface area contributed by atoms with Crippen LogP contribution in [0.15, 0.2) is 24.3 Å². The zero-order valence-electron chi connectivity index (χ0n) is 11.3. The molecular weight excluding hydrogens is 242 g/mol. The second kappa shape index (κ2) is 5.73. The number of nitrogens with zero attached hydrogens (tertiary/aromatic N) is 2. The number of nitrogens with one attached hydrogen (secondary N) is 1. The van der Waals surface area contributed by atoms with Crippen molar-refractivity contribution in [3.8, 4) is 0 Å². The predicted octanol–water partition coefficient (Wildman–Crippen LogP) is 1.95. The van der Waals surface area contributed by atoms with Crippen LogP contribution >= 0.6 is 0 Å². The summed E-state index contributed by atoms with van der Waals surface area (Å²) in [5.41, 5.74) is 1.65. The molecule has 1 saturated heterocycles. The highest BCUT2D eigenvalue weighted by molar-refractivity contribution is 5.94. The van der Waals surface area contributed by atoms with E-state index >= 15 is 0 Å². The first-order chi connectivity index (χ1) is 9.08. The highest BCUT2D eigenvalue weighted by Gasteiger charge is 2.19. The number of Topliss-reactive ketones (excluding diaryl/α,β-unsaturated/α-hetero) is 1. The molecule has 0 aliphatic carbocycles. The zero-order chi connectivity index (χ0) is 13.8. The summed E-state index contributed by atoms with van der Waals surface area (Å²) >= 11 is 0. The molecule has 1 aliphatic rings. The molecule has 0 atom stereocenters. The number of hydrogen-bond donors (Lipinski definition) is 1. The molecule has 0 unspecified atom stereocenters. The third-order valence-corrected chi connectivity index (χ3v) is 3.14. The maximum atomic E-state index is 11.7. The van der Waals surface area contributed by atoms with E-state index in [1.54, 1.807) is 14.1 Å². The Labute approximate surface area is 113 Å². The minimum absolute atomic E-state index is 0.171. The first kappa shape index (κ1) is 13.4. The lowest BCUT2D eigenvalue weighted by molar-refractivity contribution is -0.118. The molecule has 0 spiro atoms. The van der Waals surface area contributed by atoms with Gasteiger partial charge in [0.1, 0.15) is 0 Å². The van der Waals surface area contributed by atoms with Crippen LogP contribution in [0.2, 0.25) is 0 Å². The molecule has 2 rings (SSSR count). The molecule has 0 radical (unpaired) electrons. The van der Waals surface area contributed by atoms with E-state index in [1.807, 2.05) is 29.2 Å². The van der Waals surface area contributed by atoms with E-state index < -0.39 is 0 Å². The number of carbonyl (C=O) groups is 2. The van der Waals surface area contributed by atoms with Gasteiger partial charge >= 0.3 is 6.03 Å². The molecule has 5 nitrogen and oxygen atoms in total. The minimum Gasteiger partial charge on any atom is -0.363 e. The monoisotopic (exact) mass is 261 g/mol. The fraction of sp³-hybridized carbons (Fsp3) is 0.429. The van der Waals surface area contributed by atoms with Gasteiger partial charge < -0.3 is 15.1 Å². The number of urea groups is 1. The number of amides is 2. The number of hydrogen-bond acceptors (Lipinski definition) is 3. The van der Waals surface area contributed by atoms with Crippen LogP contribution in [0.3, 0.4) is 0 Å². The summed E-state index contributed by atoms with van der Waals surface area (Å²) in [5.74, 6) is 0.250. The highest BCUT2D eigenvalue weighted by Crippen LogP contribution is 2.27. The first-order valence-electron chi connectivity index (χ1n) is 6.42. The summed E-state index contributed by atoms with van der Waals surface area (Å²) < 4.78 is 0. The molecule has 1 heterocycles. The van der Waals surface area contributed by atoms with Gasteiger partial charge in [0.15, 0.2) is 5.78 Å². The van der Waals surface area contributed by atoms with Gasteiger partial charge in [0.25, 0.3) is 0 Å². The molecular formula is C14H19N3O2. The molecule has 0 bridgehead atoms. The number of ketones is 1. The van der Waals surface area contributed by atoms with Crippen LogP contribution in [0.5, 0.6) is 0 Å². The quantitative estimate of drug-likeness (QED) is 0.885. The van der Waals surface area contributed by atoms with Crippen LogP contribution in [-0.2, 0) is 4.79 Å². The Balaban J connectivity index is 2.20. The smallest absolute Gasteiger partial charge is 0.321 e. The lowest BCUT2D eigenvalue weighted by Gasteiger charge is -2.30. The van der Waals surface area contributed by atoms with Gasteiger partial charge in [-0.15, -0.1) is 0 Å². The van der Waals surface area contributed by atoms with Gasteiger partial charge in [-0.2, -0.15) is 0 Å². The topological polar surface area (TPSA) is 52.7 Å². The van der Waals surface area contributed by atoms with Crippen molar-refractivity contribution in [1.82, 2.24) is 4.90 Å². The molecule has 5 heteroatoms. The number of para-hydroxylation sites is 2. The van der Waals surface area contributed by atoms with Gasteiger partial charge in [0.05, 0.1) is 17.9 Å². The van der Waals surface area contributed by atoms with Crippen molar-refractivity contribution in [2.75, 3.05) is 37.4 Å². The summed E-state index contributed by atoms with van der Waals surface area (Å²) in [6.45, 7) is 1.27. The van der Waals surface area contributed by atoms with E-state index in [2.05, 4.69) is 5.32 Å². The largest absolute Gasteiger partial charge is 0.363 e. The van der Waals surface area contributed by atoms with E-state index in [-0.39, 0.29) is 11.8 Å². The van der Waals surface area contributed by atoms with Crippen LogP contribution < -0.4 is 10.2 Å². The summed E-state index contributed by atoms with van der Waals surface area (Å²) in [5, 5.41) is 2.86. The van der Waals surface area contributed by atoms with E-state index in [9.17, 15) is 9.59 Å². The van der Waals surface area contributed by atoms with Gasteiger partial charge in [-0.05, 0) is 18.6 Å². The number of anilines is 2. The average molecular weight is 261 g/mol. The Morgan fingerprint density at radius 3 is 2.74 bits per heavy atom. The third kappa shape index (κ3) is 3.24. The van der Waals surface area contributed by atoms with Crippen LogP contribution in [-0.4, -0.2) is 43.9 Å². The van der Waals surface area contributed by atoms with Crippen LogP contribution in [0.4, 0.5) is 16.2 Å². The van der Waals surface area contributed by atoms with Gasteiger partial charge in [-0.1, -0.05) is 12.1 Å². The average Bonchev–Trinajstić information content (AvgIpc) is 2.39. The van der Waals surface area contributed by atoms with E-state index in [0.717, 1.165) is 24.3 Å². The zero-order valence-corrected chi connectivity index (χ0v) is 11.3. The minimum atomic E-state index is -0.171. The van der Waals surface area contributed by atoms with Crippen molar-refractivity contribution < 1.29 is 9.59 Å². The number of benzene rings is 1. The molecule has 19 heavy (non-hydrogen) atoms. The fourth-order valence-electron chi connectivity index (χ4n) is 2.13. The van der Waals surface area contributed by atoms with Crippen LogP contribution in [0.25, 0.3) is 0 Å². The molecule has 1 aromatic carbocycles. The van der Waals surface area contributed by atoms with Crippen molar-refractivity contribution >= 4 is 23.2 Å². The Kier molecular flexibility index (Phi) is 4.04. The second-order valence-electron chi connectivity index (χ2n) is 4.91. The molecule has 1 fully saturated rings. The summed E-state index contributed by atoms with van der Waals surface area (Å²) in [6, 6.07) is 7.41. The van der Waals surface area contributed by atoms with Gasteiger partial charge in [0, 0.05) is 27.1 Å². The third-order valence-electron chi connectivity index (χ3n) is 3.14. The molecule has 102 valence electrons. The number of piperidine rings is 1. The normalized spacial score (nSPS) is 15.3. The molecule has 1 N–H and O–H groups in total. The Bertz CT molecular complexity index is 485. The Morgan fingerprint density at radius 2 is 2.05 bits per heavy atom. The lowest BCUT2D eigenvalue weighted by Crippen LogP contribution is -2.36. The maximum absolute atomic E-state index is 11.7. The van der Waals surface area contributed by atoms with Gasteiger partial charge in [-0.25, -0.2) is 4.79 Å². The first-order valence-corrected chi connectivity index (χ1v) is 6.42. The van der Waals surface area contributed by atoms with E-state index in [1.165, 1.54) is 4.90 Å². The SMILES string of the molecule is CN(C)C(=O)Nc1ccccc1N1CCCC(=O)C1. The number of rotatable bonds is 2. The Morgan fingerprint density at radius 1 is 1.32 bits per heavy atom. The van der Waals surface area contributed by atoms with Crippen molar-refractivity contribution in [1.29, 1.82) is 0 Å². The fourth-order valence-corrected chi connectivity index (χ4v) is 2.13. The van der Waals surface area contributed by atoms with Crippen molar-refractivity contribution in [3.63, 3.8) is 0 Å². The molecule has 2 amide bonds. The molecule has 1 aromatic rings. The molecule has 0 saturated carbocycles. The van der Waals surface area contributed by atoms with Crippen LogP contribution in [0.1, 0.15) is 12.8 Å². The molecule has 1 aliphatic heterocycles. The predicted molar refractivity (Wildman–Crippen MR) is 75.6 cm³/mol. The van der Waals surface area contributed by atoms with Gasteiger partial charge in [-0.3, -0.25) is 4.79 Å². The highest BCUT2D eigenvalue weighted by atomic mass is 16.2. The number of carbonyl (C=O) groups excluding carboxylic acids is 2. The van der Waals surface area contributed by atoms with Crippen molar-refractivity contribution in [2.45, 2.75) is 12.8 Å². The Hall–Kier alpha value is -2.04. The van der Waals surface area contributed by atoms with Crippen molar-refractivity contribution in [2.24, 2.45) is 0 Å². The molecule has 0 aromatic heterocycles. The van der Waals surface area contributed by atoms with Crippen LogP contribution in [0, 0.1) is 0 Å². The summed E-state index contributed by atoms with van der Waals surface area (Å²) in [4.78, 5) is 26.8. The summed E-state index contributed by atoms with van der Waals surface area (Å²) in [7, 11) is 3.39.